The van der Waals surface area contributed by atoms with E-state index in [1.807, 2.05) is 6.92 Å². The van der Waals surface area contributed by atoms with Crippen LogP contribution in [0.1, 0.15) is 74.0 Å². The van der Waals surface area contributed by atoms with Gasteiger partial charge in [-0.1, -0.05) is 104 Å². The highest BCUT2D eigenvalue weighted by Crippen LogP contribution is 2.33. The van der Waals surface area contributed by atoms with E-state index in [0.29, 0.717) is 58.2 Å². The zero-order valence-electron chi connectivity index (χ0n) is 50.6. The van der Waals surface area contributed by atoms with E-state index in [9.17, 15) is 40.7 Å². The van der Waals surface area contributed by atoms with E-state index in [1.165, 1.54) is 75.1 Å². The molecular weight excluding hydrogens is 1230 g/mol. The Labute approximate surface area is 536 Å². The Morgan fingerprint density at radius 1 is 0.484 bits per heavy atom. The van der Waals surface area contributed by atoms with Crippen LogP contribution in [-0.2, 0) is 19.6 Å². The number of likely N-dealkylation sites (tertiary alicyclic amines) is 1. The smallest absolute Gasteiger partial charge is 0.259 e. The molecule has 13 rings (SSSR count). The number of para-hydroxylation sites is 3. The Bertz CT molecular complexity index is 4920. The molecule has 0 unspecified atom stereocenters. The number of nitrogens with two attached hydrogens (primary N) is 3. The van der Waals surface area contributed by atoms with Gasteiger partial charge in [-0.2, -0.15) is 15.3 Å². The van der Waals surface area contributed by atoms with Crippen LogP contribution in [-0.4, -0.2) is 113 Å². The molecule has 1 saturated heterocycles. The first-order chi connectivity index (χ1) is 45.9. The highest BCUT2D eigenvalue weighted by molar-refractivity contribution is 6.01. The van der Waals surface area contributed by atoms with E-state index in [-0.39, 0.29) is 123 Å². The molecule has 9 N–H and O–H groups in total. The number of hydrogen-bond donors (Lipinski definition) is 6. The number of hydrogen-bond acceptors (Lipinski definition) is 16. The van der Waals surface area contributed by atoms with Gasteiger partial charge in [0.1, 0.15) is 97.3 Å². The van der Waals surface area contributed by atoms with Gasteiger partial charge in [0.15, 0.2) is 17.5 Å². The maximum Gasteiger partial charge on any atom is 0.259 e. The minimum absolute atomic E-state index is 0.00345. The van der Waals surface area contributed by atoms with E-state index < -0.39 is 40.8 Å². The molecule has 28 heteroatoms. The monoisotopic (exact) mass is 1290 g/mol. The standard InChI is InChI=1S/C23H20F2N6O.C22H18F2N6O2.C22H20F2N6O/c24-17-8-2-1-6-14(17)13-31-20-15(7-5-9-18(20)25)19(29-31)22-27-12-16(21(26)28-22)23(32)30-10-3-4-11-30;1-12(31)9-27-22(32)15-10-26-21(28-20(15)25)18-14-6-4-8-17(24)19(14)30(29-18)11-13-5-2-3-7-16(13)23;1-2-10-26-22(31)15-11-27-21(28-20(15)25)18-14-7-5-9-17(24)19(14)30(29-18)12-13-6-3-4-8-16(13)23/h1-2,5-9,12H,3-4,10-11,13H2,(H2,26,27,28);2-8,10,31H,1,9,11H2,(H,27,32)(H2,25,26,28);3-9,11H,2,10,12H2,1H3,(H,26,31)(H2,25,27,28). The summed E-state index contributed by atoms with van der Waals surface area (Å²) in [4.78, 5) is 64.2. The number of fused-ring (bicyclic) bond motifs is 3. The number of nitrogens with one attached hydrogen (secondary N) is 2. The molecule has 482 valence electrons. The van der Waals surface area contributed by atoms with Gasteiger partial charge in [0, 0.05) is 71.1 Å². The van der Waals surface area contributed by atoms with Gasteiger partial charge in [-0.15, -0.1) is 0 Å². The van der Waals surface area contributed by atoms with Crippen molar-refractivity contribution >= 4 is 67.9 Å². The van der Waals surface area contributed by atoms with Gasteiger partial charge in [-0.25, -0.2) is 56.2 Å². The molecule has 0 bridgehead atoms. The lowest BCUT2D eigenvalue weighted by molar-refractivity contribution is 0.0792. The van der Waals surface area contributed by atoms with E-state index in [1.54, 1.807) is 89.8 Å². The number of carbonyl (C=O) groups excluding carboxylic acids is 3. The summed E-state index contributed by atoms with van der Waals surface area (Å²) in [6, 6.07) is 32.2. The number of amides is 3. The quantitative estimate of drug-likeness (QED) is 0.0387. The molecule has 3 amide bonds. The minimum atomic E-state index is -0.592. The lowest BCUT2D eigenvalue weighted by Crippen LogP contribution is -2.28. The van der Waals surface area contributed by atoms with Crippen molar-refractivity contribution < 1.29 is 45.8 Å². The summed E-state index contributed by atoms with van der Waals surface area (Å²) in [6.45, 7) is 6.99. The lowest BCUT2D eigenvalue weighted by Gasteiger charge is -2.15. The Hall–Kier alpha value is -12.1. The lowest BCUT2D eigenvalue weighted by atomic mass is 10.1. The van der Waals surface area contributed by atoms with Crippen molar-refractivity contribution in [2.45, 2.75) is 45.8 Å². The normalized spacial score (nSPS) is 11.9. The van der Waals surface area contributed by atoms with Gasteiger partial charge in [-0.3, -0.25) is 28.4 Å². The van der Waals surface area contributed by atoms with Gasteiger partial charge in [-0.05, 0) is 55.7 Å². The molecule has 12 aromatic rings. The fraction of sp³-hybridized carbons (Fsp3) is 0.164. The SMILES string of the molecule is C=C(O)CNC(=O)c1cnc(-c2nn(Cc3ccccc3F)c3c(F)cccc23)nc1N.CCCNC(=O)c1cnc(-c2nn(Cc3ccccc3F)c3c(F)cccc23)nc1N.Nc1nc(-c2nn(Cc3ccccc3F)c3c(F)cccc23)ncc1C(=O)N1CCCC1. The van der Waals surface area contributed by atoms with Crippen LogP contribution in [0.15, 0.2) is 158 Å². The fourth-order valence-electron chi connectivity index (χ4n) is 10.5. The highest BCUT2D eigenvalue weighted by Gasteiger charge is 2.27. The molecule has 0 radical (unpaired) electrons. The van der Waals surface area contributed by atoms with Gasteiger partial charge in [0.2, 0.25) is 0 Å². The van der Waals surface area contributed by atoms with Crippen LogP contribution in [0.2, 0.25) is 0 Å². The molecule has 6 aromatic carbocycles. The maximum absolute atomic E-state index is 14.7. The first kappa shape index (κ1) is 64.4. The van der Waals surface area contributed by atoms with Crippen molar-refractivity contribution in [1.29, 1.82) is 0 Å². The molecule has 1 fully saturated rings. The fourth-order valence-corrected chi connectivity index (χ4v) is 10.5. The van der Waals surface area contributed by atoms with E-state index >= 15 is 0 Å². The third-order valence-electron chi connectivity index (χ3n) is 15.2. The van der Waals surface area contributed by atoms with Gasteiger partial charge in [0.05, 0.1) is 37.3 Å². The number of aliphatic hydroxyl groups is 1. The first-order valence-corrected chi connectivity index (χ1v) is 29.6. The molecule has 0 spiro atoms. The molecule has 22 nitrogen and oxygen atoms in total. The third-order valence-corrected chi connectivity index (χ3v) is 15.2. The number of rotatable bonds is 16. The van der Waals surface area contributed by atoms with Crippen molar-refractivity contribution in [2.75, 3.05) is 43.4 Å². The molecular formula is C67H58F6N18O4. The van der Waals surface area contributed by atoms with E-state index in [0.717, 1.165) is 19.3 Å². The number of nitrogens with zero attached hydrogens (tertiary/aromatic N) is 13. The molecule has 1 aliphatic heterocycles. The molecule has 0 aliphatic carbocycles. The summed E-state index contributed by atoms with van der Waals surface area (Å²) in [5.74, 6) is -3.86. The van der Waals surface area contributed by atoms with Gasteiger partial charge >= 0.3 is 0 Å². The van der Waals surface area contributed by atoms with Crippen molar-refractivity contribution in [2.24, 2.45) is 0 Å². The summed E-state index contributed by atoms with van der Waals surface area (Å²) in [5, 5.41) is 29.0. The molecule has 6 aromatic heterocycles. The number of carbonyl (C=O) groups is 3. The second-order valence-electron chi connectivity index (χ2n) is 21.7. The molecule has 7 heterocycles. The number of benzene rings is 6. The Morgan fingerprint density at radius 2 is 0.821 bits per heavy atom. The topological polar surface area (TPSA) is 308 Å². The molecule has 1 aliphatic rings. The Morgan fingerprint density at radius 3 is 1.16 bits per heavy atom. The minimum Gasteiger partial charge on any atom is -0.511 e. The second kappa shape index (κ2) is 28.2. The van der Waals surface area contributed by atoms with Crippen LogP contribution in [0, 0.1) is 34.9 Å². The summed E-state index contributed by atoms with van der Waals surface area (Å²) in [5.41, 5.74) is 20.9. The molecule has 0 atom stereocenters. The zero-order valence-corrected chi connectivity index (χ0v) is 50.6. The van der Waals surface area contributed by atoms with Crippen LogP contribution in [0.4, 0.5) is 43.8 Å². The second-order valence-corrected chi connectivity index (χ2v) is 21.7. The van der Waals surface area contributed by atoms with Crippen molar-refractivity contribution in [1.82, 2.24) is 74.8 Å². The molecule has 95 heavy (non-hydrogen) atoms. The summed E-state index contributed by atoms with van der Waals surface area (Å²) in [6.07, 6.45) is 6.63. The van der Waals surface area contributed by atoms with Crippen LogP contribution in [0.3, 0.4) is 0 Å². The highest BCUT2D eigenvalue weighted by atomic mass is 19.1. The van der Waals surface area contributed by atoms with Crippen molar-refractivity contribution in [3.63, 3.8) is 0 Å². The summed E-state index contributed by atoms with van der Waals surface area (Å²) >= 11 is 0. The summed E-state index contributed by atoms with van der Waals surface area (Å²) < 4.78 is 90.7. The van der Waals surface area contributed by atoms with Crippen molar-refractivity contribution in [3.8, 4) is 34.6 Å². The number of nitrogen functional groups attached to an aromatic ring is 3. The van der Waals surface area contributed by atoms with E-state index in [4.69, 9.17) is 22.3 Å². The van der Waals surface area contributed by atoms with Crippen molar-refractivity contribution in [3.05, 3.63) is 227 Å². The number of aromatic nitrogens is 12. The third kappa shape index (κ3) is 13.9. The van der Waals surface area contributed by atoms with Crippen LogP contribution >= 0.6 is 0 Å². The summed E-state index contributed by atoms with van der Waals surface area (Å²) in [7, 11) is 0. The average molecular weight is 1290 g/mol. The van der Waals surface area contributed by atoms with Gasteiger partial charge in [0.25, 0.3) is 17.7 Å². The average Bonchev–Trinajstić information content (AvgIpc) is 1.65. The van der Waals surface area contributed by atoms with Gasteiger partial charge < -0.3 is 37.8 Å². The zero-order chi connectivity index (χ0) is 67.0. The van der Waals surface area contributed by atoms with Crippen LogP contribution in [0.5, 0.6) is 0 Å². The van der Waals surface area contributed by atoms with Crippen LogP contribution < -0.4 is 27.8 Å². The predicted octanol–water partition coefficient (Wildman–Crippen LogP) is 10.4. The number of anilines is 3. The van der Waals surface area contributed by atoms with Crippen LogP contribution in [0.25, 0.3) is 67.3 Å². The first-order valence-electron chi connectivity index (χ1n) is 29.6. The Balaban J connectivity index is 0.000000145. The number of aliphatic hydroxyl groups excluding tert-OH is 1. The Kier molecular flexibility index (Phi) is 19.1. The predicted molar refractivity (Wildman–Crippen MR) is 344 cm³/mol. The maximum atomic E-state index is 14.7. The number of halogens is 6. The molecule has 0 saturated carbocycles. The largest absolute Gasteiger partial charge is 0.511 e. The van der Waals surface area contributed by atoms with E-state index in [2.05, 4.69) is 62.4 Å².